The lowest BCUT2D eigenvalue weighted by atomic mass is 9.72. The van der Waals surface area contributed by atoms with E-state index in [1.54, 1.807) is 7.11 Å². The highest BCUT2D eigenvalue weighted by molar-refractivity contribution is 5.64. The molecule has 0 aliphatic carbocycles. The summed E-state index contributed by atoms with van der Waals surface area (Å²) in [6, 6.07) is 6.10. The zero-order valence-corrected chi connectivity index (χ0v) is 12.4. The van der Waals surface area contributed by atoms with Crippen LogP contribution in [0.1, 0.15) is 39.5 Å². The Hall–Kier alpha value is -1.38. The van der Waals surface area contributed by atoms with Gasteiger partial charge in [-0.25, -0.2) is 0 Å². The molecular weight excluding hydrogens is 236 g/mol. The van der Waals surface area contributed by atoms with Crippen molar-refractivity contribution in [2.24, 2.45) is 5.41 Å². The van der Waals surface area contributed by atoms with Gasteiger partial charge in [0.25, 0.3) is 0 Å². The van der Waals surface area contributed by atoms with Gasteiger partial charge in [0.2, 0.25) is 0 Å². The van der Waals surface area contributed by atoms with Crippen molar-refractivity contribution < 1.29 is 4.74 Å². The second kappa shape index (κ2) is 5.72. The van der Waals surface area contributed by atoms with E-state index in [1.807, 2.05) is 12.1 Å². The molecule has 1 aliphatic rings. The Labute approximate surface area is 116 Å². The van der Waals surface area contributed by atoms with Crippen molar-refractivity contribution in [3.8, 4) is 5.75 Å². The van der Waals surface area contributed by atoms with Gasteiger partial charge in [-0.3, -0.25) is 0 Å². The minimum absolute atomic E-state index is 0.540. The SMILES string of the molecule is CCCC1(CCC)CN(c2ccc(OC)c(N)c2)C1. The molecule has 106 valence electrons. The quantitative estimate of drug-likeness (QED) is 0.795. The molecule has 2 N–H and O–H groups in total. The van der Waals surface area contributed by atoms with E-state index in [-0.39, 0.29) is 0 Å². The summed E-state index contributed by atoms with van der Waals surface area (Å²) < 4.78 is 5.21. The molecule has 1 aromatic carbocycles. The molecule has 0 atom stereocenters. The largest absolute Gasteiger partial charge is 0.495 e. The van der Waals surface area contributed by atoms with E-state index in [1.165, 1.54) is 44.5 Å². The first-order chi connectivity index (χ1) is 9.14. The third-order valence-corrected chi connectivity index (χ3v) is 4.19. The maximum absolute atomic E-state index is 5.98. The van der Waals surface area contributed by atoms with Gasteiger partial charge in [-0.2, -0.15) is 0 Å². The molecular formula is C16H26N2O. The number of hydrogen-bond acceptors (Lipinski definition) is 3. The number of hydrogen-bond donors (Lipinski definition) is 1. The molecule has 1 fully saturated rings. The zero-order chi connectivity index (χ0) is 13.9. The predicted octanol–water partition coefficient (Wildman–Crippen LogP) is 3.68. The molecule has 1 aromatic rings. The average Bonchev–Trinajstić information content (AvgIpc) is 2.35. The molecule has 19 heavy (non-hydrogen) atoms. The summed E-state index contributed by atoms with van der Waals surface area (Å²) in [6.45, 7) is 6.90. The minimum Gasteiger partial charge on any atom is -0.495 e. The number of nitrogens with two attached hydrogens (primary N) is 1. The molecule has 0 unspecified atom stereocenters. The van der Waals surface area contributed by atoms with E-state index in [0.29, 0.717) is 5.41 Å². The Morgan fingerprint density at radius 1 is 1.21 bits per heavy atom. The highest BCUT2D eigenvalue weighted by Gasteiger charge is 2.41. The lowest BCUT2D eigenvalue weighted by Gasteiger charge is -2.52. The molecule has 0 bridgehead atoms. The van der Waals surface area contributed by atoms with E-state index < -0.39 is 0 Å². The van der Waals surface area contributed by atoms with E-state index in [2.05, 4.69) is 24.8 Å². The van der Waals surface area contributed by atoms with Crippen molar-refractivity contribution in [1.29, 1.82) is 0 Å². The Bertz CT molecular complexity index is 417. The minimum atomic E-state index is 0.540. The van der Waals surface area contributed by atoms with E-state index >= 15 is 0 Å². The maximum Gasteiger partial charge on any atom is 0.141 e. The second-order valence-electron chi connectivity index (χ2n) is 5.78. The Morgan fingerprint density at radius 2 is 1.84 bits per heavy atom. The van der Waals surface area contributed by atoms with E-state index in [9.17, 15) is 0 Å². The van der Waals surface area contributed by atoms with Crippen LogP contribution in [0, 0.1) is 5.41 Å². The summed E-state index contributed by atoms with van der Waals surface area (Å²) in [6.07, 6.45) is 5.23. The van der Waals surface area contributed by atoms with Crippen LogP contribution in [0.4, 0.5) is 11.4 Å². The first-order valence-electron chi connectivity index (χ1n) is 7.32. The molecule has 0 amide bonds. The molecule has 3 nitrogen and oxygen atoms in total. The van der Waals surface area contributed by atoms with Gasteiger partial charge in [0.15, 0.2) is 0 Å². The molecule has 0 radical (unpaired) electrons. The summed E-state index contributed by atoms with van der Waals surface area (Å²) in [5, 5.41) is 0. The molecule has 3 heteroatoms. The molecule has 0 spiro atoms. The number of nitrogen functional groups attached to an aromatic ring is 1. The Kier molecular flexibility index (Phi) is 4.23. The van der Waals surface area contributed by atoms with Crippen LogP contribution in [-0.2, 0) is 0 Å². The van der Waals surface area contributed by atoms with Crippen LogP contribution in [0.5, 0.6) is 5.75 Å². The summed E-state index contributed by atoms with van der Waals surface area (Å²) in [7, 11) is 1.66. The highest BCUT2D eigenvalue weighted by Crippen LogP contribution is 2.42. The van der Waals surface area contributed by atoms with Crippen LogP contribution >= 0.6 is 0 Å². The van der Waals surface area contributed by atoms with Crippen LogP contribution in [0.25, 0.3) is 0 Å². The molecule has 0 aromatic heterocycles. The first kappa shape index (κ1) is 14.0. The van der Waals surface area contributed by atoms with Crippen LogP contribution in [0.15, 0.2) is 18.2 Å². The number of anilines is 2. The fraction of sp³-hybridized carbons (Fsp3) is 0.625. The Morgan fingerprint density at radius 3 is 2.32 bits per heavy atom. The monoisotopic (exact) mass is 262 g/mol. The van der Waals surface area contributed by atoms with Gasteiger partial charge in [-0.05, 0) is 31.0 Å². The second-order valence-corrected chi connectivity index (χ2v) is 5.78. The Balaban J connectivity index is 2.04. The van der Waals surface area contributed by atoms with Crippen molar-refractivity contribution in [3.05, 3.63) is 18.2 Å². The van der Waals surface area contributed by atoms with Gasteiger partial charge in [-0.15, -0.1) is 0 Å². The standard InChI is InChI=1S/C16H26N2O/c1-4-8-16(9-5-2)11-18(12-16)13-6-7-15(19-3)14(17)10-13/h6-7,10H,4-5,8-9,11-12,17H2,1-3H3. The fourth-order valence-electron chi connectivity index (χ4n) is 3.37. The molecule has 2 rings (SSSR count). The molecule has 1 saturated heterocycles. The van der Waals surface area contributed by atoms with Crippen LogP contribution in [0.2, 0.25) is 0 Å². The van der Waals surface area contributed by atoms with Gasteiger partial charge in [-0.1, -0.05) is 26.7 Å². The summed E-state index contributed by atoms with van der Waals surface area (Å²) in [5.74, 6) is 0.762. The third-order valence-electron chi connectivity index (χ3n) is 4.19. The van der Waals surface area contributed by atoms with Gasteiger partial charge < -0.3 is 15.4 Å². The number of rotatable bonds is 6. The first-order valence-corrected chi connectivity index (χ1v) is 7.32. The zero-order valence-electron chi connectivity index (χ0n) is 12.4. The van der Waals surface area contributed by atoms with Crippen molar-refractivity contribution in [1.82, 2.24) is 0 Å². The average molecular weight is 262 g/mol. The lowest BCUT2D eigenvalue weighted by molar-refractivity contribution is 0.173. The number of ether oxygens (including phenoxy) is 1. The maximum atomic E-state index is 5.98. The third kappa shape index (κ3) is 2.80. The highest BCUT2D eigenvalue weighted by atomic mass is 16.5. The van der Waals surface area contributed by atoms with Crippen LogP contribution < -0.4 is 15.4 Å². The summed E-state index contributed by atoms with van der Waals surface area (Å²) >= 11 is 0. The van der Waals surface area contributed by atoms with Gasteiger partial charge in [0, 0.05) is 24.2 Å². The number of nitrogens with zero attached hydrogens (tertiary/aromatic N) is 1. The van der Waals surface area contributed by atoms with Gasteiger partial charge in [0.05, 0.1) is 12.8 Å². The summed E-state index contributed by atoms with van der Waals surface area (Å²) in [4.78, 5) is 2.43. The normalized spacial score (nSPS) is 17.1. The number of benzene rings is 1. The van der Waals surface area contributed by atoms with Crippen molar-refractivity contribution >= 4 is 11.4 Å². The van der Waals surface area contributed by atoms with E-state index in [0.717, 1.165) is 11.4 Å². The van der Waals surface area contributed by atoms with Crippen LogP contribution in [0.3, 0.4) is 0 Å². The summed E-state index contributed by atoms with van der Waals surface area (Å²) in [5.41, 5.74) is 8.47. The van der Waals surface area contributed by atoms with Crippen molar-refractivity contribution in [2.75, 3.05) is 30.8 Å². The predicted molar refractivity (Wildman–Crippen MR) is 81.9 cm³/mol. The topological polar surface area (TPSA) is 38.5 Å². The van der Waals surface area contributed by atoms with Gasteiger partial charge >= 0.3 is 0 Å². The van der Waals surface area contributed by atoms with Crippen molar-refractivity contribution in [2.45, 2.75) is 39.5 Å². The smallest absolute Gasteiger partial charge is 0.141 e. The van der Waals surface area contributed by atoms with Crippen molar-refractivity contribution in [3.63, 3.8) is 0 Å². The molecule has 1 aliphatic heterocycles. The number of methoxy groups -OCH3 is 1. The van der Waals surface area contributed by atoms with Gasteiger partial charge in [0.1, 0.15) is 5.75 Å². The molecule has 1 heterocycles. The fourth-order valence-corrected chi connectivity index (χ4v) is 3.37. The van der Waals surface area contributed by atoms with Crippen LogP contribution in [-0.4, -0.2) is 20.2 Å². The van der Waals surface area contributed by atoms with E-state index in [4.69, 9.17) is 10.5 Å². The molecule has 0 saturated carbocycles. The lowest BCUT2D eigenvalue weighted by Crippen LogP contribution is -2.56.